The zero-order valence-corrected chi connectivity index (χ0v) is 14.7. The zero-order valence-electron chi connectivity index (χ0n) is 13.9. The molecule has 0 aromatic carbocycles. The molecule has 6 nitrogen and oxygen atoms in total. The predicted molar refractivity (Wildman–Crippen MR) is 91.0 cm³/mol. The quantitative estimate of drug-likeness (QED) is 0.698. The second kappa shape index (κ2) is 5.49. The molecule has 4 atom stereocenters. The van der Waals surface area contributed by atoms with E-state index in [1.807, 2.05) is 0 Å². The fourth-order valence-corrected chi connectivity index (χ4v) is 5.88. The van der Waals surface area contributed by atoms with Crippen LogP contribution in [0.4, 0.5) is 4.39 Å². The van der Waals surface area contributed by atoms with Crippen LogP contribution in [0.5, 0.6) is 0 Å². The van der Waals surface area contributed by atoms with Crippen LogP contribution in [0.1, 0.15) is 27.2 Å². The number of aliphatic imine (C=N–C) groups is 1. The molecule has 2 N–H and O–H groups in total. The van der Waals surface area contributed by atoms with Gasteiger partial charge in [0.15, 0.2) is 9.84 Å². The Balaban J connectivity index is 2.20. The molecular weight excluding hydrogens is 333 g/mol. The average Bonchev–Trinajstić information content (AvgIpc) is 2.72. The van der Waals surface area contributed by atoms with Gasteiger partial charge in [0.25, 0.3) is 0 Å². The molecule has 0 bridgehead atoms. The van der Waals surface area contributed by atoms with Crippen molar-refractivity contribution in [2.45, 2.75) is 55.1 Å². The van der Waals surface area contributed by atoms with Gasteiger partial charge in [-0.25, -0.2) is 12.8 Å². The molecule has 1 unspecified atom stereocenters. The lowest BCUT2D eigenvalue weighted by atomic mass is 9.80. The standard InChI is InChI=1S/C16H22FN3O3S/c1-10-8-12-16(9-23-10,11-6-4-5-7-19-13(11)17)20-14(18)15(2,3)24(12,21)22/h4-7,10,12-13H,8-9H2,1-3H3,(H2,18,20)/t10-,12-,13?,16-/m1/s1. The average molecular weight is 355 g/mol. The lowest BCUT2D eigenvalue weighted by Gasteiger charge is -2.54. The summed E-state index contributed by atoms with van der Waals surface area (Å²) in [5.74, 6) is -0.151. The number of nitrogens with one attached hydrogen (secondary N) is 2. The first-order valence-electron chi connectivity index (χ1n) is 7.90. The van der Waals surface area contributed by atoms with Gasteiger partial charge in [0, 0.05) is 11.8 Å². The highest BCUT2D eigenvalue weighted by Gasteiger charge is 2.63. The fraction of sp³-hybridized carbons (Fsp3) is 0.625. The minimum Gasteiger partial charge on any atom is -0.376 e. The molecule has 3 heterocycles. The van der Waals surface area contributed by atoms with E-state index in [4.69, 9.17) is 10.1 Å². The fourth-order valence-electron chi connectivity index (χ4n) is 3.51. The Morgan fingerprint density at radius 3 is 2.83 bits per heavy atom. The van der Waals surface area contributed by atoms with Gasteiger partial charge in [0.1, 0.15) is 16.1 Å². The largest absolute Gasteiger partial charge is 0.376 e. The van der Waals surface area contributed by atoms with Crippen molar-refractivity contribution < 1.29 is 17.5 Å². The number of hydrogen-bond donors (Lipinski definition) is 2. The molecule has 0 spiro atoms. The number of alkyl halides is 1. The van der Waals surface area contributed by atoms with Crippen molar-refractivity contribution in [1.29, 1.82) is 5.41 Å². The molecule has 132 valence electrons. The maximum Gasteiger partial charge on any atom is 0.213 e. The number of rotatable bonds is 1. The number of allylic oxidation sites excluding steroid dienone is 3. The van der Waals surface area contributed by atoms with Crippen LogP contribution < -0.4 is 5.32 Å². The van der Waals surface area contributed by atoms with Gasteiger partial charge in [-0.15, -0.1) is 0 Å². The minimum atomic E-state index is -3.74. The van der Waals surface area contributed by atoms with Crippen LogP contribution in [0.15, 0.2) is 28.8 Å². The summed E-state index contributed by atoms with van der Waals surface area (Å²) in [6, 6.07) is 0. The molecule has 0 aromatic rings. The first-order chi connectivity index (χ1) is 11.1. The second-order valence-corrected chi connectivity index (χ2v) is 9.69. The lowest BCUT2D eigenvalue weighted by Crippen LogP contribution is -2.76. The molecule has 3 aliphatic heterocycles. The van der Waals surface area contributed by atoms with E-state index in [0.29, 0.717) is 0 Å². The van der Waals surface area contributed by atoms with Gasteiger partial charge in [-0.3, -0.25) is 10.4 Å². The monoisotopic (exact) mass is 355 g/mol. The summed E-state index contributed by atoms with van der Waals surface area (Å²) in [7, 11) is -3.74. The molecule has 8 heteroatoms. The maximum absolute atomic E-state index is 14.7. The van der Waals surface area contributed by atoms with E-state index >= 15 is 0 Å². The van der Waals surface area contributed by atoms with Crippen molar-refractivity contribution in [3.63, 3.8) is 0 Å². The van der Waals surface area contributed by atoms with E-state index < -0.39 is 31.7 Å². The number of amidine groups is 1. The molecule has 0 aliphatic carbocycles. The van der Waals surface area contributed by atoms with Crippen LogP contribution in [-0.4, -0.2) is 55.0 Å². The summed E-state index contributed by atoms with van der Waals surface area (Å²) in [4.78, 5) is 3.79. The maximum atomic E-state index is 14.7. The Bertz CT molecular complexity index is 757. The van der Waals surface area contributed by atoms with Gasteiger partial charge in [-0.2, -0.15) is 0 Å². The van der Waals surface area contributed by atoms with Crippen LogP contribution in [0, 0.1) is 5.41 Å². The molecule has 0 saturated carbocycles. The summed E-state index contributed by atoms with van der Waals surface area (Å²) < 4.78 is 45.4. The highest BCUT2D eigenvalue weighted by Crippen LogP contribution is 2.44. The van der Waals surface area contributed by atoms with E-state index in [0.717, 1.165) is 0 Å². The van der Waals surface area contributed by atoms with Gasteiger partial charge >= 0.3 is 0 Å². The van der Waals surface area contributed by atoms with Crippen LogP contribution >= 0.6 is 0 Å². The topological polar surface area (TPSA) is 91.6 Å². The molecule has 0 radical (unpaired) electrons. The van der Waals surface area contributed by atoms with Gasteiger partial charge in [-0.05, 0) is 33.3 Å². The van der Waals surface area contributed by atoms with E-state index in [-0.39, 0.29) is 30.5 Å². The Kier molecular flexibility index (Phi) is 3.95. The summed E-state index contributed by atoms with van der Waals surface area (Å²) in [5, 5.41) is 10.3. The number of fused-ring (bicyclic) bond motifs is 1. The van der Waals surface area contributed by atoms with Gasteiger partial charge < -0.3 is 10.1 Å². The first-order valence-corrected chi connectivity index (χ1v) is 9.44. The molecule has 0 amide bonds. The first kappa shape index (κ1) is 17.3. The van der Waals surface area contributed by atoms with Gasteiger partial charge in [-0.1, -0.05) is 12.2 Å². The number of hydrogen-bond acceptors (Lipinski definition) is 5. The molecule has 24 heavy (non-hydrogen) atoms. The SMILES string of the molecule is C[C@@H]1C[C@@H]2[C@](C3=CC=CC=NC3F)(CO1)NC(=N)C(C)(C)S2(=O)=O. The highest BCUT2D eigenvalue weighted by molar-refractivity contribution is 7.94. The van der Waals surface area contributed by atoms with Crippen molar-refractivity contribution >= 4 is 21.9 Å². The predicted octanol–water partition coefficient (Wildman–Crippen LogP) is 1.54. The van der Waals surface area contributed by atoms with Crippen molar-refractivity contribution in [2.24, 2.45) is 4.99 Å². The number of sulfone groups is 1. The summed E-state index contributed by atoms with van der Waals surface area (Å²) in [5.41, 5.74) is -1.13. The Labute approximate surface area is 141 Å². The molecule has 0 aromatic heterocycles. The summed E-state index contributed by atoms with van der Waals surface area (Å²) in [6.45, 7) is 4.80. The van der Waals surface area contributed by atoms with E-state index in [2.05, 4.69) is 10.3 Å². The van der Waals surface area contributed by atoms with Crippen LogP contribution in [0.25, 0.3) is 0 Å². The molecule has 3 rings (SSSR count). The van der Waals surface area contributed by atoms with Crippen LogP contribution in [0.3, 0.4) is 0 Å². The molecule has 2 saturated heterocycles. The van der Waals surface area contributed by atoms with Gasteiger partial charge in [0.05, 0.1) is 18.0 Å². The number of nitrogens with zero attached hydrogens (tertiary/aromatic N) is 1. The van der Waals surface area contributed by atoms with Crippen molar-refractivity contribution in [3.05, 3.63) is 23.8 Å². The Hall–Kier alpha value is -1.54. The third kappa shape index (κ3) is 2.27. The third-order valence-corrected chi connectivity index (χ3v) is 8.16. The number of halogens is 1. The lowest BCUT2D eigenvalue weighted by molar-refractivity contribution is -0.0155. The molecule has 3 aliphatic rings. The third-order valence-electron chi connectivity index (χ3n) is 5.19. The van der Waals surface area contributed by atoms with E-state index in [1.54, 1.807) is 19.1 Å². The smallest absolute Gasteiger partial charge is 0.213 e. The summed E-state index contributed by atoms with van der Waals surface area (Å²) >= 11 is 0. The second-order valence-electron chi connectivity index (χ2n) is 7.01. The zero-order chi connectivity index (χ0) is 17.8. The minimum absolute atomic E-state index is 0.0217. The Morgan fingerprint density at radius 2 is 2.12 bits per heavy atom. The number of ether oxygens (including phenoxy) is 1. The van der Waals surface area contributed by atoms with Crippen molar-refractivity contribution in [1.82, 2.24) is 5.32 Å². The summed E-state index contributed by atoms with van der Waals surface area (Å²) in [6.07, 6.45) is 4.40. The van der Waals surface area contributed by atoms with Crippen LogP contribution in [-0.2, 0) is 14.6 Å². The highest BCUT2D eigenvalue weighted by atomic mass is 32.2. The van der Waals surface area contributed by atoms with E-state index in [9.17, 15) is 12.8 Å². The van der Waals surface area contributed by atoms with Crippen molar-refractivity contribution in [2.75, 3.05) is 6.61 Å². The van der Waals surface area contributed by atoms with Crippen LogP contribution in [0.2, 0.25) is 0 Å². The molecule has 2 fully saturated rings. The normalized spacial score (nSPS) is 40.2. The van der Waals surface area contributed by atoms with Gasteiger partial charge in [0.2, 0.25) is 6.30 Å². The Morgan fingerprint density at radius 1 is 1.42 bits per heavy atom. The molecular formula is C16H22FN3O3S. The van der Waals surface area contributed by atoms with E-state index in [1.165, 1.54) is 26.1 Å². The van der Waals surface area contributed by atoms with Crippen molar-refractivity contribution in [3.8, 4) is 0 Å².